The maximum absolute atomic E-state index is 6.66. The molecule has 0 radical (unpaired) electrons. The van der Waals surface area contributed by atoms with Crippen molar-refractivity contribution in [2.75, 3.05) is 26.8 Å². The number of aromatic nitrogens is 1. The van der Waals surface area contributed by atoms with Crippen LogP contribution in [0.4, 0.5) is 0 Å². The zero-order valence-corrected chi connectivity index (χ0v) is 19.5. The van der Waals surface area contributed by atoms with Crippen LogP contribution >= 0.6 is 11.6 Å². The Bertz CT molecular complexity index is 1320. The number of rotatable bonds is 5. The molecule has 5 rings (SSSR count). The molecule has 5 heteroatoms. The lowest BCUT2D eigenvalue weighted by Gasteiger charge is -2.28. The van der Waals surface area contributed by atoms with Gasteiger partial charge in [0.25, 0.3) is 0 Å². The van der Waals surface area contributed by atoms with Gasteiger partial charge in [-0.05, 0) is 67.4 Å². The molecule has 0 fully saturated rings. The first-order valence-corrected chi connectivity index (χ1v) is 11.6. The third-order valence-corrected chi connectivity index (χ3v) is 6.41. The van der Waals surface area contributed by atoms with E-state index in [-0.39, 0.29) is 0 Å². The van der Waals surface area contributed by atoms with Gasteiger partial charge in [-0.3, -0.25) is 0 Å². The molecule has 32 heavy (non-hydrogen) atoms. The van der Waals surface area contributed by atoms with Crippen LogP contribution in [0.25, 0.3) is 32.9 Å². The van der Waals surface area contributed by atoms with Crippen molar-refractivity contribution in [3.05, 3.63) is 64.7 Å². The second-order valence-electron chi connectivity index (χ2n) is 8.24. The molecule has 0 amide bonds. The first kappa shape index (κ1) is 21.0. The molecule has 2 heterocycles. The van der Waals surface area contributed by atoms with Gasteiger partial charge in [0.15, 0.2) is 11.5 Å². The lowest BCUT2D eigenvalue weighted by molar-refractivity contribution is 0.288. The zero-order chi connectivity index (χ0) is 22.2. The van der Waals surface area contributed by atoms with Crippen LogP contribution in [0.3, 0.4) is 0 Å². The van der Waals surface area contributed by atoms with E-state index in [1.807, 2.05) is 26.0 Å². The van der Waals surface area contributed by atoms with Crippen LogP contribution in [0.2, 0.25) is 5.02 Å². The number of likely N-dealkylation sites (N-methyl/N-ethyl adjacent to an activating group) is 1. The van der Waals surface area contributed by atoms with Gasteiger partial charge in [-0.1, -0.05) is 41.9 Å². The molecule has 4 aromatic rings. The van der Waals surface area contributed by atoms with Crippen molar-refractivity contribution >= 4 is 33.3 Å². The maximum atomic E-state index is 6.66. The predicted molar refractivity (Wildman–Crippen MR) is 132 cm³/mol. The molecule has 0 aliphatic carbocycles. The standard InChI is InChI=1S/C27H27ClN2O2/c1-4-31-24-15-18(14-22(28)27(24)32-5-2)26-21-16-30(3)13-12-20(21)25-19-9-7-6-8-17(19)10-11-23(25)29-26/h6-11,14-15H,4-5,12-13,16H2,1-3H3. The lowest BCUT2D eigenvalue weighted by atomic mass is 9.89. The van der Waals surface area contributed by atoms with E-state index in [0.717, 1.165) is 36.3 Å². The average Bonchev–Trinajstić information content (AvgIpc) is 2.80. The van der Waals surface area contributed by atoms with Gasteiger partial charge in [0.05, 0.1) is 29.4 Å². The largest absolute Gasteiger partial charge is 0.490 e. The van der Waals surface area contributed by atoms with E-state index in [0.29, 0.717) is 29.7 Å². The summed E-state index contributed by atoms with van der Waals surface area (Å²) in [5.74, 6) is 1.26. The summed E-state index contributed by atoms with van der Waals surface area (Å²) in [5, 5.41) is 4.34. The van der Waals surface area contributed by atoms with E-state index in [4.69, 9.17) is 26.1 Å². The van der Waals surface area contributed by atoms with E-state index in [1.165, 1.54) is 27.3 Å². The Labute approximate surface area is 193 Å². The predicted octanol–water partition coefficient (Wildman–Crippen LogP) is 6.49. The number of hydrogen-bond acceptors (Lipinski definition) is 4. The molecule has 1 aliphatic heterocycles. The van der Waals surface area contributed by atoms with Crippen molar-refractivity contribution in [2.45, 2.75) is 26.8 Å². The molecule has 0 atom stereocenters. The second-order valence-corrected chi connectivity index (χ2v) is 8.64. The Morgan fingerprint density at radius 1 is 1.00 bits per heavy atom. The quantitative estimate of drug-likeness (QED) is 0.328. The number of fused-ring (bicyclic) bond motifs is 5. The minimum absolute atomic E-state index is 0.528. The summed E-state index contributed by atoms with van der Waals surface area (Å²) in [6.45, 7) is 6.86. The molecular formula is C27H27ClN2O2. The van der Waals surface area contributed by atoms with Crippen molar-refractivity contribution in [1.29, 1.82) is 0 Å². The lowest BCUT2D eigenvalue weighted by Crippen LogP contribution is -2.27. The van der Waals surface area contributed by atoms with Crippen LogP contribution in [-0.4, -0.2) is 36.7 Å². The van der Waals surface area contributed by atoms with Gasteiger partial charge >= 0.3 is 0 Å². The Kier molecular flexibility index (Phi) is 5.66. The van der Waals surface area contributed by atoms with Crippen LogP contribution in [-0.2, 0) is 13.0 Å². The summed E-state index contributed by atoms with van der Waals surface area (Å²) in [6.07, 6.45) is 0.995. The number of benzene rings is 3. The minimum atomic E-state index is 0.528. The summed E-state index contributed by atoms with van der Waals surface area (Å²) in [4.78, 5) is 7.53. The van der Waals surface area contributed by atoms with Gasteiger partial charge in [-0.2, -0.15) is 0 Å². The van der Waals surface area contributed by atoms with Crippen LogP contribution in [0, 0.1) is 0 Å². The Balaban J connectivity index is 1.80. The molecule has 164 valence electrons. The van der Waals surface area contributed by atoms with Crippen molar-refractivity contribution in [3.63, 3.8) is 0 Å². The molecule has 1 aromatic heterocycles. The zero-order valence-electron chi connectivity index (χ0n) is 18.7. The molecule has 3 aromatic carbocycles. The van der Waals surface area contributed by atoms with Crippen molar-refractivity contribution in [2.24, 2.45) is 0 Å². The Morgan fingerprint density at radius 3 is 2.62 bits per heavy atom. The summed E-state index contributed by atoms with van der Waals surface area (Å²) in [7, 11) is 2.16. The van der Waals surface area contributed by atoms with Crippen LogP contribution < -0.4 is 9.47 Å². The van der Waals surface area contributed by atoms with E-state index in [2.05, 4.69) is 48.3 Å². The fraction of sp³-hybridized carbons (Fsp3) is 0.296. The average molecular weight is 447 g/mol. The normalized spacial score (nSPS) is 14.0. The van der Waals surface area contributed by atoms with E-state index in [9.17, 15) is 0 Å². The fourth-order valence-corrected chi connectivity index (χ4v) is 5.01. The number of pyridine rings is 1. The van der Waals surface area contributed by atoms with Gasteiger partial charge in [-0.25, -0.2) is 4.98 Å². The highest BCUT2D eigenvalue weighted by Gasteiger charge is 2.24. The fourth-order valence-electron chi connectivity index (χ4n) is 4.74. The summed E-state index contributed by atoms with van der Waals surface area (Å²) < 4.78 is 11.7. The Morgan fingerprint density at radius 2 is 1.81 bits per heavy atom. The molecule has 0 N–H and O–H groups in total. The summed E-state index contributed by atoms with van der Waals surface area (Å²) in [6, 6.07) is 16.9. The topological polar surface area (TPSA) is 34.6 Å². The number of halogens is 1. The summed E-state index contributed by atoms with van der Waals surface area (Å²) >= 11 is 6.66. The Hall–Kier alpha value is -2.82. The van der Waals surface area contributed by atoms with E-state index in [1.54, 1.807) is 0 Å². The van der Waals surface area contributed by atoms with Crippen molar-refractivity contribution in [3.8, 4) is 22.8 Å². The molecule has 0 bridgehead atoms. The monoisotopic (exact) mass is 446 g/mol. The van der Waals surface area contributed by atoms with Crippen LogP contribution in [0.15, 0.2) is 48.5 Å². The number of hydrogen-bond donors (Lipinski definition) is 0. The molecule has 0 saturated heterocycles. The van der Waals surface area contributed by atoms with E-state index >= 15 is 0 Å². The highest BCUT2D eigenvalue weighted by molar-refractivity contribution is 6.32. The van der Waals surface area contributed by atoms with Gasteiger partial charge in [-0.15, -0.1) is 0 Å². The van der Waals surface area contributed by atoms with Gasteiger partial charge < -0.3 is 14.4 Å². The van der Waals surface area contributed by atoms with Gasteiger partial charge in [0.1, 0.15) is 0 Å². The first-order chi connectivity index (χ1) is 15.6. The van der Waals surface area contributed by atoms with Crippen molar-refractivity contribution in [1.82, 2.24) is 9.88 Å². The maximum Gasteiger partial charge on any atom is 0.179 e. The molecule has 0 spiro atoms. The molecule has 1 aliphatic rings. The highest BCUT2D eigenvalue weighted by atomic mass is 35.5. The van der Waals surface area contributed by atoms with Crippen LogP contribution in [0.1, 0.15) is 25.0 Å². The van der Waals surface area contributed by atoms with Crippen molar-refractivity contribution < 1.29 is 9.47 Å². The highest BCUT2D eigenvalue weighted by Crippen LogP contribution is 2.42. The third-order valence-electron chi connectivity index (χ3n) is 6.13. The second kappa shape index (κ2) is 8.61. The van der Waals surface area contributed by atoms with Crippen LogP contribution in [0.5, 0.6) is 11.5 Å². The molecular weight excluding hydrogens is 420 g/mol. The van der Waals surface area contributed by atoms with Gasteiger partial charge in [0.2, 0.25) is 0 Å². The first-order valence-electron chi connectivity index (χ1n) is 11.2. The van der Waals surface area contributed by atoms with E-state index < -0.39 is 0 Å². The number of nitrogens with zero attached hydrogens (tertiary/aromatic N) is 2. The third kappa shape index (κ3) is 3.58. The molecule has 4 nitrogen and oxygen atoms in total. The molecule has 0 saturated carbocycles. The summed E-state index contributed by atoms with van der Waals surface area (Å²) in [5.41, 5.74) is 5.61. The smallest absolute Gasteiger partial charge is 0.179 e. The SMILES string of the molecule is CCOc1cc(-c2nc3ccc4ccccc4c3c3c2CN(C)CC3)cc(Cl)c1OCC. The number of ether oxygens (including phenoxy) is 2. The minimum Gasteiger partial charge on any atom is -0.490 e. The van der Waals surface area contributed by atoms with Gasteiger partial charge in [0, 0.05) is 24.0 Å². The molecule has 0 unspecified atom stereocenters.